The van der Waals surface area contributed by atoms with Crippen LogP contribution < -0.4 is 5.32 Å². The van der Waals surface area contributed by atoms with Gasteiger partial charge < -0.3 is 5.32 Å². The minimum absolute atomic E-state index is 0.274. The molecule has 0 bridgehead atoms. The number of nitrogens with one attached hydrogen (secondary N) is 1. The highest BCUT2D eigenvalue weighted by Crippen LogP contribution is 2.19. The zero-order valence-electron chi connectivity index (χ0n) is 11.4. The van der Waals surface area contributed by atoms with Gasteiger partial charge >= 0.3 is 0 Å². The van der Waals surface area contributed by atoms with Crippen molar-refractivity contribution in [3.63, 3.8) is 0 Å². The maximum atomic E-state index is 5.92. The van der Waals surface area contributed by atoms with Gasteiger partial charge in [-0.25, -0.2) is 4.98 Å². The molecule has 104 valence electrons. The lowest BCUT2D eigenvalue weighted by Crippen LogP contribution is -2.19. The van der Waals surface area contributed by atoms with Crippen molar-refractivity contribution in [2.75, 3.05) is 0 Å². The molecule has 3 aromatic rings. The van der Waals surface area contributed by atoms with Crippen molar-refractivity contribution in [3.8, 4) is 0 Å². The molecule has 1 unspecified atom stereocenters. The van der Waals surface area contributed by atoms with E-state index in [-0.39, 0.29) is 6.04 Å². The van der Waals surface area contributed by atoms with Crippen LogP contribution in [0.15, 0.2) is 35.8 Å². The summed E-state index contributed by atoms with van der Waals surface area (Å²) in [5.41, 5.74) is 3.55. The summed E-state index contributed by atoms with van der Waals surface area (Å²) in [4.78, 5) is 5.61. The molecule has 2 aromatic heterocycles. The number of aryl methyl sites for hydroxylation is 1. The average molecular weight is 306 g/mol. The summed E-state index contributed by atoms with van der Waals surface area (Å²) in [6.45, 7) is 5.02. The second-order valence-corrected chi connectivity index (χ2v) is 6.16. The number of hydrogen-bond donors (Lipinski definition) is 1. The largest absolute Gasteiger partial charge is 0.305 e. The smallest absolute Gasteiger partial charge is 0.194 e. The first-order valence-corrected chi connectivity index (χ1v) is 7.81. The van der Waals surface area contributed by atoms with Gasteiger partial charge in [-0.3, -0.25) is 4.40 Å². The van der Waals surface area contributed by atoms with Gasteiger partial charge in [0.15, 0.2) is 4.96 Å². The summed E-state index contributed by atoms with van der Waals surface area (Å²) in [7, 11) is 0. The number of benzene rings is 1. The first-order valence-electron chi connectivity index (χ1n) is 6.55. The Morgan fingerprint density at radius 2 is 2.10 bits per heavy atom. The fourth-order valence-corrected chi connectivity index (χ4v) is 3.18. The number of rotatable bonds is 4. The van der Waals surface area contributed by atoms with Gasteiger partial charge in [0.2, 0.25) is 0 Å². The summed E-state index contributed by atoms with van der Waals surface area (Å²) >= 11 is 7.58. The van der Waals surface area contributed by atoms with Crippen LogP contribution in [0.4, 0.5) is 0 Å². The molecule has 0 aliphatic heterocycles. The van der Waals surface area contributed by atoms with E-state index in [4.69, 9.17) is 11.6 Å². The molecule has 3 rings (SSSR count). The fourth-order valence-electron chi connectivity index (χ4n) is 2.27. The predicted molar refractivity (Wildman–Crippen MR) is 84.5 cm³/mol. The molecule has 0 amide bonds. The minimum atomic E-state index is 0.274. The predicted octanol–water partition coefficient (Wildman–Crippen LogP) is 4.21. The highest BCUT2D eigenvalue weighted by atomic mass is 35.5. The zero-order chi connectivity index (χ0) is 14.1. The van der Waals surface area contributed by atoms with E-state index in [2.05, 4.69) is 52.3 Å². The Kier molecular flexibility index (Phi) is 3.78. The molecule has 1 aromatic carbocycles. The van der Waals surface area contributed by atoms with Gasteiger partial charge in [-0.15, -0.1) is 11.3 Å². The molecule has 3 nitrogen and oxygen atoms in total. The van der Waals surface area contributed by atoms with Gasteiger partial charge in [-0.2, -0.15) is 0 Å². The van der Waals surface area contributed by atoms with Crippen LogP contribution in [-0.4, -0.2) is 9.38 Å². The summed E-state index contributed by atoms with van der Waals surface area (Å²) in [6, 6.07) is 8.25. The third-order valence-corrected chi connectivity index (χ3v) is 4.52. The molecule has 0 spiro atoms. The topological polar surface area (TPSA) is 29.3 Å². The van der Waals surface area contributed by atoms with Crippen LogP contribution in [0, 0.1) is 6.92 Å². The molecule has 1 atom stereocenters. The Bertz CT molecular complexity index is 714. The molecular formula is C15H16ClN3S. The first kappa shape index (κ1) is 13.6. The Hall–Kier alpha value is -1.36. The van der Waals surface area contributed by atoms with E-state index >= 15 is 0 Å². The Morgan fingerprint density at radius 1 is 1.35 bits per heavy atom. The quantitative estimate of drug-likeness (QED) is 0.782. The third-order valence-electron chi connectivity index (χ3n) is 3.51. The number of halogens is 1. The van der Waals surface area contributed by atoms with Gasteiger partial charge in [0.05, 0.1) is 11.4 Å². The van der Waals surface area contributed by atoms with Crippen LogP contribution in [0.1, 0.15) is 29.9 Å². The number of hydrogen-bond acceptors (Lipinski definition) is 3. The Balaban J connectivity index is 1.74. The Morgan fingerprint density at radius 3 is 2.85 bits per heavy atom. The van der Waals surface area contributed by atoms with Gasteiger partial charge in [0, 0.05) is 29.2 Å². The van der Waals surface area contributed by atoms with Crippen molar-refractivity contribution in [1.29, 1.82) is 0 Å². The van der Waals surface area contributed by atoms with E-state index in [1.807, 2.05) is 12.1 Å². The van der Waals surface area contributed by atoms with Crippen molar-refractivity contribution in [2.45, 2.75) is 26.4 Å². The van der Waals surface area contributed by atoms with Crippen LogP contribution in [0.2, 0.25) is 5.02 Å². The number of thiazole rings is 1. The van der Waals surface area contributed by atoms with Crippen LogP contribution in [0.3, 0.4) is 0 Å². The van der Waals surface area contributed by atoms with E-state index in [0.717, 1.165) is 22.2 Å². The van der Waals surface area contributed by atoms with E-state index in [9.17, 15) is 0 Å². The maximum Gasteiger partial charge on any atom is 0.194 e. The van der Waals surface area contributed by atoms with Crippen molar-refractivity contribution in [2.24, 2.45) is 0 Å². The van der Waals surface area contributed by atoms with E-state index in [0.29, 0.717) is 0 Å². The lowest BCUT2D eigenvalue weighted by Gasteiger charge is -2.14. The average Bonchev–Trinajstić information content (AvgIpc) is 2.98. The molecular weight excluding hydrogens is 290 g/mol. The molecule has 0 aliphatic carbocycles. The van der Waals surface area contributed by atoms with Gasteiger partial charge in [-0.05, 0) is 31.5 Å². The van der Waals surface area contributed by atoms with E-state index < -0.39 is 0 Å². The summed E-state index contributed by atoms with van der Waals surface area (Å²) < 4.78 is 2.15. The second kappa shape index (κ2) is 5.56. The Labute approximate surface area is 127 Å². The van der Waals surface area contributed by atoms with Crippen molar-refractivity contribution >= 4 is 27.9 Å². The van der Waals surface area contributed by atoms with Gasteiger partial charge in [-0.1, -0.05) is 23.7 Å². The second-order valence-electron chi connectivity index (χ2n) is 4.85. The standard InChI is InChI=1S/C15H16ClN3S/c1-10(12-3-5-13(16)6-4-12)17-9-14-11(2)18-15-19(14)7-8-20-15/h3-8,10,17H,9H2,1-2H3. The molecule has 0 radical (unpaired) electrons. The van der Waals surface area contributed by atoms with Gasteiger partial charge in [0.1, 0.15) is 0 Å². The van der Waals surface area contributed by atoms with E-state index in [1.54, 1.807) is 11.3 Å². The van der Waals surface area contributed by atoms with Crippen molar-refractivity contribution in [3.05, 3.63) is 57.8 Å². The molecule has 0 fully saturated rings. The van der Waals surface area contributed by atoms with Gasteiger partial charge in [0.25, 0.3) is 0 Å². The van der Waals surface area contributed by atoms with Crippen LogP contribution in [0.5, 0.6) is 0 Å². The summed E-state index contributed by atoms with van der Waals surface area (Å²) in [5.74, 6) is 0. The van der Waals surface area contributed by atoms with Crippen molar-refractivity contribution in [1.82, 2.24) is 14.7 Å². The van der Waals surface area contributed by atoms with E-state index in [1.165, 1.54) is 11.3 Å². The lowest BCUT2D eigenvalue weighted by molar-refractivity contribution is 0.564. The molecule has 20 heavy (non-hydrogen) atoms. The molecule has 2 heterocycles. The van der Waals surface area contributed by atoms with Crippen LogP contribution in [0.25, 0.3) is 4.96 Å². The molecule has 0 saturated carbocycles. The zero-order valence-corrected chi connectivity index (χ0v) is 13.0. The summed E-state index contributed by atoms with van der Waals surface area (Å²) in [6.07, 6.45) is 2.07. The third kappa shape index (κ3) is 2.59. The SMILES string of the molecule is Cc1nc2sccn2c1CNC(C)c1ccc(Cl)cc1. The number of aromatic nitrogens is 2. The highest BCUT2D eigenvalue weighted by Gasteiger charge is 2.11. The minimum Gasteiger partial charge on any atom is -0.305 e. The van der Waals surface area contributed by atoms with Crippen LogP contribution in [-0.2, 0) is 6.54 Å². The number of nitrogens with zero attached hydrogens (tertiary/aromatic N) is 2. The number of imidazole rings is 1. The molecule has 5 heteroatoms. The molecule has 1 N–H and O–H groups in total. The maximum absolute atomic E-state index is 5.92. The normalized spacial score (nSPS) is 12.9. The molecule has 0 aliphatic rings. The molecule has 0 saturated heterocycles. The van der Waals surface area contributed by atoms with Crippen LogP contribution >= 0.6 is 22.9 Å². The van der Waals surface area contributed by atoms with Crippen molar-refractivity contribution < 1.29 is 0 Å². The summed E-state index contributed by atoms with van der Waals surface area (Å²) in [5, 5.41) is 6.38. The lowest BCUT2D eigenvalue weighted by atomic mass is 10.1. The fraction of sp³-hybridized carbons (Fsp3) is 0.267. The highest BCUT2D eigenvalue weighted by molar-refractivity contribution is 7.15. The monoisotopic (exact) mass is 305 g/mol. The number of fused-ring (bicyclic) bond motifs is 1. The first-order chi connectivity index (χ1) is 9.65.